The minimum Gasteiger partial charge on any atom is -0.508 e. The molecule has 2 heterocycles. The molecule has 84 valence electrons. The van der Waals surface area contributed by atoms with Crippen molar-refractivity contribution in [2.45, 2.75) is 0 Å². The first kappa shape index (κ1) is 9.65. The Kier molecular flexibility index (Phi) is 1.82. The molecule has 17 heavy (non-hydrogen) atoms. The maximum absolute atomic E-state index is 11.5. The van der Waals surface area contributed by atoms with Gasteiger partial charge in [-0.05, 0) is 18.2 Å². The van der Waals surface area contributed by atoms with Crippen molar-refractivity contribution in [1.29, 1.82) is 0 Å². The van der Waals surface area contributed by atoms with Gasteiger partial charge in [0.1, 0.15) is 11.3 Å². The standard InChI is InChI=1S/C12H7NO4/c14-7-3-6-1-2-17-11(6)8(4-7)9-5-10(15)13-12(9)16/h1-5,14H,(H,13,15,16). The van der Waals surface area contributed by atoms with Crippen LogP contribution in [0.2, 0.25) is 0 Å². The van der Waals surface area contributed by atoms with Crippen LogP contribution < -0.4 is 5.32 Å². The fraction of sp³-hybridized carbons (Fsp3) is 0. The van der Waals surface area contributed by atoms with Crippen LogP contribution in [0.1, 0.15) is 5.56 Å². The summed E-state index contributed by atoms with van der Waals surface area (Å²) in [5.74, 6) is -0.937. The van der Waals surface area contributed by atoms with E-state index >= 15 is 0 Å². The average Bonchev–Trinajstić information content (AvgIpc) is 2.83. The van der Waals surface area contributed by atoms with E-state index in [1.54, 1.807) is 6.07 Å². The molecule has 2 aromatic rings. The summed E-state index contributed by atoms with van der Waals surface area (Å²) < 4.78 is 5.26. The first-order valence-electron chi connectivity index (χ1n) is 4.93. The van der Waals surface area contributed by atoms with Gasteiger partial charge in [0.2, 0.25) is 0 Å². The largest absolute Gasteiger partial charge is 0.508 e. The number of benzene rings is 1. The van der Waals surface area contributed by atoms with E-state index < -0.39 is 11.8 Å². The number of rotatable bonds is 1. The number of imide groups is 1. The second kappa shape index (κ2) is 3.21. The van der Waals surface area contributed by atoms with Gasteiger partial charge in [0, 0.05) is 17.0 Å². The normalized spacial score (nSPS) is 15.2. The number of carbonyl (C=O) groups is 2. The summed E-state index contributed by atoms with van der Waals surface area (Å²) >= 11 is 0. The highest BCUT2D eigenvalue weighted by molar-refractivity contribution is 6.34. The van der Waals surface area contributed by atoms with Gasteiger partial charge in [-0.2, -0.15) is 0 Å². The lowest BCUT2D eigenvalue weighted by molar-refractivity contribution is -0.123. The molecule has 1 aromatic carbocycles. The molecular formula is C12H7NO4. The van der Waals surface area contributed by atoms with Gasteiger partial charge in [-0.3, -0.25) is 14.9 Å². The lowest BCUT2D eigenvalue weighted by Gasteiger charge is -2.02. The topological polar surface area (TPSA) is 79.5 Å². The lowest BCUT2D eigenvalue weighted by Crippen LogP contribution is -2.21. The molecule has 0 unspecified atom stereocenters. The second-order valence-electron chi connectivity index (χ2n) is 3.71. The van der Waals surface area contributed by atoms with E-state index in [0.717, 1.165) is 0 Å². The van der Waals surface area contributed by atoms with Gasteiger partial charge in [-0.15, -0.1) is 0 Å². The third-order valence-electron chi connectivity index (χ3n) is 2.58. The van der Waals surface area contributed by atoms with Crippen LogP contribution in [0.4, 0.5) is 0 Å². The quantitative estimate of drug-likeness (QED) is 0.719. The minimum absolute atomic E-state index is 0.0157. The van der Waals surface area contributed by atoms with Gasteiger partial charge < -0.3 is 9.52 Å². The highest BCUT2D eigenvalue weighted by Gasteiger charge is 2.25. The van der Waals surface area contributed by atoms with E-state index in [9.17, 15) is 14.7 Å². The van der Waals surface area contributed by atoms with Crippen LogP contribution in [0, 0.1) is 0 Å². The third kappa shape index (κ3) is 1.40. The molecule has 1 aliphatic heterocycles. The van der Waals surface area contributed by atoms with Crippen molar-refractivity contribution in [2.24, 2.45) is 0 Å². The number of furan rings is 1. The van der Waals surface area contributed by atoms with Crippen LogP contribution in [0.3, 0.4) is 0 Å². The van der Waals surface area contributed by atoms with Crippen LogP contribution in [0.5, 0.6) is 5.75 Å². The molecule has 3 rings (SSSR count). The van der Waals surface area contributed by atoms with Crippen LogP contribution in [0.15, 0.2) is 35.0 Å². The minimum atomic E-state index is -0.488. The Morgan fingerprint density at radius 2 is 2.06 bits per heavy atom. The molecule has 0 atom stereocenters. The molecule has 2 amide bonds. The van der Waals surface area contributed by atoms with Gasteiger partial charge in [-0.1, -0.05) is 0 Å². The third-order valence-corrected chi connectivity index (χ3v) is 2.58. The second-order valence-corrected chi connectivity index (χ2v) is 3.71. The molecule has 5 heteroatoms. The molecule has 1 aromatic heterocycles. The zero-order valence-corrected chi connectivity index (χ0v) is 8.56. The van der Waals surface area contributed by atoms with E-state index in [2.05, 4.69) is 5.32 Å². The van der Waals surface area contributed by atoms with E-state index in [1.807, 2.05) is 0 Å². The van der Waals surface area contributed by atoms with Gasteiger partial charge in [-0.25, -0.2) is 0 Å². The Labute approximate surface area is 95.3 Å². The summed E-state index contributed by atoms with van der Waals surface area (Å²) in [6.45, 7) is 0. The predicted octanol–water partition coefficient (Wildman–Crippen LogP) is 1.18. The molecule has 2 N–H and O–H groups in total. The monoisotopic (exact) mass is 229 g/mol. The van der Waals surface area contributed by atoms with E-state index in [-0.39, 0.29) is 11.3 Å². The molecule has 0 radical (unpaired) electrons. The molecule has 0 fully saturated rings. The maximum Gasteiger partial charge on any atom is 0.259 e. The molecular weight excluding hydrogens is 222 g/mol. The maximum atomic E-state index is 11.5. The van der Waals surface area contributed by atoms with Gasteiger partial charge in [0.05, 0.1) is 11.8 Å². The van der Waals surface area contributed by atoms with Crippen LogP contribution in [-0.4, -0.2) is 16.9 Å². The van der Waals surface area contributed by atoms with Crippen molar-refractivity contribution in [3.05, 3.63) is 36.1 Å². The molecule has 0 bridgehead atoms. The number of hydrogen-bond acceptors (Lipinski definition) is 4. The Hall–Kier alpha value is -2.56. The van der Waals surface area contributed by atoms with Crippen molar-refractivity contribution >= 4 is 28.4 Å². The van der Waals surface area contributed by atoms with Crippen molar-refractivity contribution in [3.63, 3.8) is 0 Å². The van der Waals surface area contributed by atoms with Crippen LogP contribution in [-0.2, 0) is 9.59 Å². The first-order chi connectivity index (χ1) is 8.15. The number of carbonyl (C=O) groups excluding carboxylic acids is 2. The highest BCUT2D eigenvalue weighted by Crippen LogP contribution is 2.31. The molecule has 0 spiro atoms. The zero-order valence-electron chi connectivity index (χ0n) is 8.56. The summed E-state index contributed by atoms with van der Waals surface area (Å²) in [4.78, 5) is 22.6. The molecule has 1 aliphatic rings. The Morgan fingerprint density at radius 3 is 2.76 bits per heavy atom. The molecule has 0 aliphatic carbocycles. The summed E-state index contributed by atoms with van der Waals surface area (Å²) in [7, 11) is 0. The first-order valence-corrected chi connectivity index (χ1v) is 4.93. The smallest absolute Gasteiger partial charge is 0.259 e. The number of nitrogens with one attached hydrogen (secondary N) is 1. The summed E-state index contributed by atoms with van der Waals surface area (Å²) in [6, 6.07) is 4.60. The number of aromatic hydroxyl groups is 1. The number of amides is 2. The number of phenols is 1. The van der Waals surface area contributed by atoms with Crippen LogP contribution >= 0.6 is 0 Å². The lowest BCUT2D eigenvalue weighted by atomic mass is 10.0. The summed E-state index contributed by atoms with van der Waals surface area (Å²) in [5.41, 5.74) is 1.08. The van der Waals surface area contributed by atoms with Crippen molar-refractivity contribution < 1.29 is 19.1 Å². The van der Waals surface area contributed by atoms with Gasteiger partial charge in [0.25, 0.3) is 11.8 Å². The number of fused-ring (bicyclic) bond motifs is 1. The Bertz CT molecular complexity index is 681. The molecule has 5 nitrogen and oxygen atoms in total. The van der Waals surface area contributed by atoms with E-state index in [4.69, 9.17) is 4.42 Å². The van der Waals surface area contributed by atoms with Crippen molar-refractivity contribution in [1.82, 2.24) is 5.32 Å². The Balaban J connectivity index is 2.30. The molecule has 0 saturated carbocycles. The summed E-state index contributed by atoms with van der Waals surface area (Å²) in [6.07, 6.45) is 2.65. The molecule has 0 saturated heterocycles. The SMILES string of the molecule is O=C1C=C(c2cc(O)cc3ccoc23)C(=O)N1. The summed E-state index contributed by atoms with van der Waals surface area (Å²) in [5, 5.41) is 12.4. The fourth-order valence-corrected chi connectivity index (χ4v) is 1.88. The van der Waals surface area contributed by atoms with Crippen molar-refractivity contribution in [3.8, 4) is 5.75 Å². The van der Waals surface area contributed by atoms with Gasteiger partial charge >= 0.3 is 0 Å². The highest BCUT2D eigenvalue weighted by atomic mass is 16.3. The van der Waals surface area contributed by atoms with Crippen molar-refractivity contribution in [2.75, 3.05) is 0 Å². The van der Waals surface area contributed by atoms with Crippen LogP contribution in [0.25, 0.3) is 16.5 Å². The fourth-order valence-electron chi connectivity index (χ4n) is 1.88. The average molecular weight is 229 g/mol. The number of hydrogen-bond donors (Lipinski definition) is 2. The van der Waals surface area contributed by atoms with Gasteiger partial charge in [0.15, 0.2) is 0 Å². The van der Waals surface area contributed by atoms with E-state index in [0.29, 0.717) is 16.5 Å². The van der Waals surface area contributed by atoms with E-state index in [1.165, 1.54) is 24.5 Å². The Morgan fingerprint density at radius 1 is 1.24 bits per heavy atom. The zero-order chi connectivity index (χ0) is 12.0. The predicted molar refractivity (Wildman–Crippen MR) is 59.0 cm³/mol. The number of phenolic OH excluding ortho intramolecular Hbond substituents is 1.